The van der Waals surface area contributed by atoms with Gasteiger partial charge in [-0.1, -0.05) is 11.6 Å². The van der Waals surface area contributed by atoms with Crippen molar-refractivity contribution >= 4 is 23.5 Å². The number of benzene rings is 1. The van der Waals surface area contributed by atoms with Crippen molar-refractivity contribution in [3.05, 3.63) is 34.9 Å². The van der Waals surface area contributed by atoms with Gasteiger partial charge in [-0.3, -0.25) is 9.59 Å². The summed E-state index contributed by atoms with van der Waals surface area (Å²) in [5.41, 5.74) is 0.591. The lowest BCUT2D eigenvalue weighted by molar-refractivity contribution is -0.143. The number of hydrogen-bond donors (Lipinski definition) is 2. The molecule has 0 aromatic heterocycles. The highest BCUT2D eigenvalue weighted by Crippen LogP contribution is 2.28. The summed E-state index contributed by atoms with van der Waals surface area (Å²) < 4.78 is 0. The second kappa shape index (κ2) is 6.75. The molecule has 0 spiro atoms. The van der Waals surface area contributed by atoms with Crippen LogP contribution >= 0.6 is 11.6 Å². The van der Waals surface area contributed by atoms with E-state index in [0.29, 0.717) is 35.9 Å². The molecule has 4 nitrogen and oxygen atoms in total. The maximum atomic E-state index is 11.9. The van der Waals surface area contributed by atoms with Gasteiger partial charge in [-0.15, -0.1) is 0 Å². The Labute approximate surface area is 123 Å². The number of carboxylic acids is 1. The number of carbonyl (C=O) groups excluding carboxylic acids is 1. The Balaban J connectivity index is 1.77. The van der Waals surface area contributed by atoms with Crippen LogP contribution in [0, 0.1) is 11.8 Å². The molecule has 1 fully saturated rings. The fourth-order valence-corrected chi connectivity index (χ4v) is 2.68. The molecular formula is C15H18ClNO3. The van der Waals surface area contributed by atoms with E-state index in [0.717, 1.165) is 12.8 Å². The zero-order valence-electron chi connectivity index (χ0n) is 11.1. The third-order valence-electron chi connectivity index (χ3n) is 3.85. The predicted molar refractivity (Wildman–Crippen MR) is 76.9 cm³/mol. The summed E-state index contributed by atoms with van der Waals surface area (Å²) in [6.07, 6.45) is 3.13. The van der Waals surface area contributed by atoms with Crippen LogP contribution in [0.15, 0.2) is 24.3 Å². The van der Waals surface area contributed by atoms with Crippen molar-refractivity contribution in [3.8, 4) is 0 Å². The van der Waals surface area contributed by atoms with E-state index in [4.69, 9.17) is 16.7 Å². The number of carbonyl (C=O) groups is 2. The van der Waals surface area contributed by atoms with Gasteiger partial charge in [0.1, 0.15) is 0 Å². The van der Waals surface area contributed by atoms with Crippen molar-refractivity contribution in [2.45, 2.75) is 25.7 Å². The number of hydrogen-bond acceptors (Lipinski definition) is 2. The zero-order chi connectivity index (χ0) is 14.5. The van der Waals surface area contributed by atoms with E-state index in [1.807, 2.05) is 0 Å². The number of halogens is 1. The molecule has 1 aromatic carbocycles. The van der Waals surface area contributed by atoms with Gasteiger partial charge in [-0.05, 0) is 55.9 Å². The van der Waals surface area contributed by atoms with E-state index in [1.165, 1.54) is 0 Å². The first-order valence-corrected chi connectivity index (χ1v) is 7.20. The molecule has 1 amide bonds. The van der Waals surface area contributed by atoms with Crippen LogP contribution in [-0.2, 0) is 4.79 Å². The molecule has 1 aliphatic rings. The first-order chi connectivity index (χ1) is 9.56. The van der Waals surface area contributed by atoms with E-state index < -0.39 is 5.97 Å². The molecule has 0 heterocycles. The van der Waals surface area contributed by atoms with Crippen molar-refractivity contribution in [2.75, 3.05) is 6.54 Å². The fraction of sp³-hybridized carbons (Fsp3) is 0.467. The Morgan fingerprint density at radius 1 is 1.15 bits per heavy atom. The van der Waals surface area contributed by atoms with Crippen LogP contribution in [0.3, 0.4) is 0 Å². The van der Waals surface area contributed by atoms with Crippen molar-refractivity contribution in [1.29, 1.82) is 0 Å². The van der Waals surface area contributed by atoms with Crippen molar-refractivity contribution in [3.63, 3.8) is 0 Å². The second-order valence-corrected chi connectivity index (χ2v) is 5.71. The van der Waals surface area contributed by atoms with Gasteiger partial charge in [0.05, 0.1) is 5.92 Å². The summed E-state index contributed by atoms with van der Waals surface area (Å²) in [5, 5.41) is 12.4. The SMILES string of the molecule is O=C(NCC1CCC(C(=O)O)CC1)c1ccc(Cl)cc1. The summed E-state index contributed by atoms with van der Waals surface area (Å²) in [4.78, 5) is 22.8. The van der Waals surface area contributed by atoms with Gasteiger partial charge < -0.3 is 10.4 Å². The summed E-state index contributed by atoms with van der Waals surface area (Å²) in [6, 6.07) is 6.76. The Bertz CT molecular complexity index is 478. The van der Waals surface area contributed by atoms with E-state index in [9.17, 15) is 9.59 Å². The quantitative estimate of drug-likeness (QED) is 0.897. The highest BCUT2D eigenvalue weighted by Gasteiger charge is 2.25. The van der Waals surface area contributed by atoms with Gasteiger partial charge in [-0.2, -0.15) is 0 Å². The van der Waals surface area contributed by atoms with Crippen LogP contribution in [0.5, 0.6) is 0 Å². The lowest BCUT2D eigenvalue weighted by Crippen LogP contribution is -2.32. The van der Waals surface area contributed by atoms with Crippen LogP contribution in [0.2, 0.25) is 5.02 Å². The molecule has 1 aliphatic carbocycles. The molecule has 20 heavy (non-hydrogen) atoms. The summed E-state index contributed by atoms with van der Waals surface area (Å²) >= 11 is 5.77. The summed E-state index contributed by atoms with van der Waals surface area (Å²) in [5.74, 6) is -0.643. The van der Waals surface area contributed by atoms with Crippen molar-refractivity contribution in [1.82, 2.24) is 5.32 Å². The van der Waals surface area contributed by atoms with Gasteiger partial charge >= 0.3 is 5.97 Å². The van der Waals surface area contributed by atoms with Crippen LogP contribution in [-0.4, -0.2) is 23.5 Å². The molecule has 1 saturated carbocycles. The minimum atomic E-state index is -0.700. The normalized spacial score (nSPS) is 22.2. The molecule has 0 aliphatic heterocycles. The van der Waals surface area contributed by atoms with Gasteiger partial charge in [0.25, 0.3) is 5.91 Å². The molecule has 1 aromatic rings. The largest absolute Gasteiger partial charge is 0.481 e. The van der Waals surface area contributed by atoms with Crippen molar-refractivity contribution < 1.29 is 14.7 Å². The number of carboxylic acid groups (broad SMARTS) is 1. The lowest BCUT2D eigenvalue weighted by Gasteiger charge is -2.26. The molecule has 2 N–H and O–H groups in total. The molecule has 5 heteroatoms. The summed E-state index contributed by atoms with van der Waals surface area (Å²) in [7, 11) is 0. The molecule has 0 atom stereocenters. The Kier molecular flexibility index (Phi) is 5.01. The first kappa shape index (κ1) is 14.9. The standard InChI is InChI=1S/C15H18ClNO3/c16-13-7-5-11(6-8-13)14(18)17-9-10-1-3-12(4-2-10)15(19)20/h5-8,10,12H,1-4,9H2,(H,17,18)(H,19,20). The van der Waals surface area contributed by atoms with Crippen LogP contribution < -0.4 is 5.32 Å². The third-order valence-corrected chi connectivity index (χ3v) is 4.11. The average molecular weight is 296 g/mol. The van der Waals surface area contributed by atoms with Crippen LogP contribution in [0.4, 0.5) is 0 Å². The van der Waals surface area contributed by atoms with Crippen LogP contribution in [0.1, 0.15) is 36.0 Å². The number of nitrogens with one attached hydrogen (secondary N) is 1. The highest BCUT2D eigenvalue weighted by atomic mass is 35.5. The predicted octanol–water partition coefficient (Wildman–Crippen LogP) is 2.96. The second-order valence-electron chi connectivity index (χ2n) is 5.27. The lowest BCUT2D eigenvalue weighted by atomic mass is 9.82. The number of rotatable bonds is 4. The van der Waals surface area contributed by atoms with Gasteiger partial charge in [0, 0.05) is 17.1 Å². The maximum absolute atomic E-state index is 11.9. The monoisotopic (exact) mass is 295 g/mol. The topological polar surface area (TPSA) is 66.4 Å². The fourth-order valence-electron chi connectivity index (χ4n) is 2.55. The van der Waals surface area contributed by atoms with E-state index in [1.54, 1.807) is 24.3 Å². The van der Waals surface area contributed by atoms with E-state index in [2.05, 4.69) is 5.32 Å². The molecule has 108 valence electrons. The molecule has 0 unspecified atom stereocenters. The summed E-state index contributed by atoms with van der Waals surface area (Å²) in [6.45, 7) is 0.605. The van der Waals surface area contributed by atoms with Gasteiger partial charge in [-0.25, -0.2) is 0 Å². The zero-order valence-corrected chi connectivity index (χ0v) is 11.9. The minimum absolute atomic E-state index is 0.109. The maximum Gasteiger partial charge on any atom is 0.306 e. The number of amides is 1. The van der Waals surface area contributed by atoms with E-state index >= 15 is 0 Å². The third kappa shape index (κ3) is 3.97. The van der Waals surface area contributed by atoms with Gasteiger partial charge in [0.2, 0.25) is 0 Å². The Morgan fingerprint density at radius 2 is 1.75 bits per heavy atom. The molecular weight excluding hydrogens is 278 g/mol. The molecule has 0 radical (unpaired) electrons. The molecule has 0 saturated heterocycles. The van der Waals surface area contributed by atoms with Gasteiger partial charge in [0.15, 0.2) is 0 Å². The van der Waals surface area contributed by atoms with Crippen molar-refractivity contribution in [2.24, 2.45) is 11.8 Å². The first-order valence-electron chi connectivity index (χ1n) is 6.83. The minimum Gasteiger partial charge on any atom is -0.481 e. The van der Waals surface area contributed by atoms with Crippen LogP contribution in [0.25, 0.3) is 0 Å². The smallest absolute Gasteiger partial charge is 0.306 e. The Morgan fingerprint density at radius 3 is 2.30 bits per heavy atom. The van der Waals surface area contributed by atoms with E-state index in [-0.39, 0.29) is 11.8 Å². The molecule has 2 rings (SSSR count). The average Bonchev–Trinajstić information content (AvgIpc) is 2.46. The highest BCUT2D eigenvalue weighted by molar-refractivity contribution is 6.30. The molecule has 0 bridgehead atoms. The Hall–Kier alpha value is -1.55. The number of aliphatic carboxylic acids is 1.